The summed E-state index contributed by atoms with van der Waals surface area (Å²) in [6.45, 7) is 7.67. The maximum Gasteiger partial charge on any atom is 0.230 e. The lowest BCUT2D eigenvalue weighted by molar-refractivity contribution is -0.138. The predicted molar refractivity (Wildman–Crippen MR) is 108 cm³/mol. The number of amides is 1. The summed E-state index contributed by atoms with van der Waals surface area (Å²) in [6, 6.07) is 8.54. The lowest BCUT2D eigenvalue weighted by Crippen LogP contribution is -2.43. The normalized spacial score (nSPS) is 17.7. The van der Waals surface area contributed by atoms with E-state index in [2.05, 4.69) is 55.7 Å². The summed E-state index contributed by atoms with van der Waals surface area (Å²) in [5, 5.41) is 6.82. The number of benzene rings is 1. The third kappa shape index (κ3) is 4.77. The van der Waals surface area contributed by atoms with Gasteiger partial charge in [0.2, 0.25) is 5.91 Å². The van der Waals surface area contributed by atoms with Crippen molar-refractivity contribution in [2.45, 2.75) is 52.5 Å². The van der Waals surface area contributed by atoms with E-state index in [1.165, 1.54) is 11.1 Å². The van der Waals surface area contributed by atoms with Gasteiger partial charge in [-0.1, -0.05) is 37.1 Å². The zero-order chi connectivity index (χ0) is 19.2. The molecule has 1 atom stereocenters. The van der Waals surface area contributed by atoms with Crippen molar-refractivity contribution in [2.24, 2.45) is 10.4 Å². The number of nitrogens with zero attached hydrogens (tertiary/aromatic N) is 2. The molecule has 2 rings (SSSR count). The highest BCUT2D eigenvalue weighted by Crippen LogP contribution is 2.39. The summed E-state index contributed by atoms with van der Waals surface area (Å²) >= 11 is 0. The SMILES string of the molecule is CCNC(=NCC1(C(=O)N(C)C)CCCC1)NC(C)c1ccccc1C. The second kappa shape index (κ2) is 9.06. The van der Waals surface area contributed by atoms with Crippen LogP contribution in [0.4, 0.5) is 0 Å². The second-order valence-electron chi connectivity index (χ2n) is 7.60. The Bertz CT molecular complexity index is 633. The first kappa shape index (κ1) is 20.3. The van der Waals surface area contributed by atoms with Crippen molar-refractivity contribution in [1.82, 2.24) is 15.5 Å². The van der Waals surface area contributed by atoms with E-state index >= 15 is 0 Å². The Hall–Kier alpha value is -2.04. The number of guanidine groups is 1. The fourth-order valence-corrected chi connectivity index (χ4v) is 3.87. The predicted octanol–water partition coefficient (Wildman–Crippen LogP) is 3.26. The van der Waals surface area contributed by atoms with Crippen LogP contribution in [-0.4, -0.2) is 44.0 Å². The first-order chi connectivity index (χ1) is 12.4. The highest BCUT2D eigenvalue weighted by Gasteiger charge is 2.42. The maximum absolute atomic E-state index is 12.7. The molecule has 1 aliphatic rings. The second-order valence-corrected chi connectivity index (χ2v) is 7.60. The average molecular weight is 359 g/mol. The highest BCUT2D eigenvalue weighted by molar-refractivity contribution is 5.84. The van der Waals surface area contributed by atoms with Crippen LogP contribution in [0.5, 0.6) is 0 Å². The van der Waals surface area contributed by atoms with Crippen LogP contribution in [-0.2, 0) is 4.79 Å². The third-order valence-corrected chi connectivity index (χ3v) is 5.31. The van der Waals surface area contributed by atoms with Crippen molar-refractivity contribution >= 4 is 11.9 Å². The number of aliphatic imine (C=N–C) groups is 1. The minimum Gasteiger partial charge on any atom is -0.357 e. The molecule has 1 unspecified atom stereocenters. The first-order valence-electron chi connectivity index (χ1n) is 9.72. The van der Waals surface area contributed by atoms with Crippen LogP contribution in [0.25, 0.3) is 0 Å². The molecule has 0 heterocycles. The van der Waals surface area contributed by atoms with Crippen molar-refractivity contribution < 1.29 is 4.79 Å². The molecule has 0 saturated heterocycles. The van der Waals surface area contributed by atoms with Crippen LogP contribution in [0.15, 0.2) is 29.3 Å². The summed E-state index contributed by atoms with van der Waals surface area (Å²) in [6.07, 6.45) is 4.08. The van der Waals surface area contributed by atoms with Crippen molar-refractivity contribution in [3.05, 3.63) is 35.4 Å². The number of hydrogen-bond donors (Lipinski definition) is 2. The fourth-order valence-electron chi connectivity index (χ4n) is 3.87. The minimum atomic E-state index is -0.336. The van der Waals surface area contributed by atoms with Gasteiger partial charge < -0.3 is 15.5 Å². The first-order valence-corrected chi connectivity index (χ1v) is 9.72. The zero-order valence-corrected chi connectivity index (χ0v) is 16.9. The number of hydrogen-bond acceptors (Lipinski definition) is 2. The largest absolute Gasteiger partial charge is 0.357 e. The van der Waals surface area contributed by atoms with Gasteiger partial charge in [-0.15, -0.1) is 0 Å². The van der Waals surface area contributed by atoms with Gasteiger partial charge >= 0.3 is 0 Å². The standard InChI is InChI=1S/C21H34N4O/c1-6-22-20(24-17(3)18-12-8-7-11-16(18)2)23-15-21(13-9-10-14-21)19(26)25(4)5/h7-8,11-12,17H,6,9-10,13-15H2,1-5H3,(H2,22,23,24). The Kier molecular flexibility index (Phi) is 7.06. The third-order valence-electron chi connectivity index (χ3n) is 5.31. The van der Waals surface area contributed by atoms with Crippen molar-refractivity contribution in [1.29, 1.82) is 0 Å². The molecule has 1 fully saturated rings. The number of rotatable bonds is 6. The van der Waals surface area contributed by atoms with Gasteiger partial charge in [0.15, 0.2) is 5.96 Å². The summed E-state index contributed by atoms with van der Waals surface area (Å²) < 4.78 is 0. The summed E-state index contributed by atoms with van der Waals surface area (Å²) in [7, 11) is 3.69. The topological polar surface area (TPSA) is 56.7 Å². The highest BCUT2D eigenvalue weighted by atomic mass is 16.2. The van der Waals surface area contributed by atoms with E-state index in [4.69, 9.17) is 4.99 Å². The molecule has 0 bridgehead atoms. The number of aryl methyl sites for hydroxylation is 1. The zero-order valence-electron chi connectivity index (χ0n) is 16.9. The van der Waals surface area contributed by atoms with Gasteiger partial charge in [0.25, 0.3) is 0 Å². The van der Waals surface area contributed by atoms with Crippen LogP contribution in [0, 0.1) is 12.3 Å². The van der Waals surface area contributed by atoms with E-state index in [-0.39, 0.29) is 17.4 Å². The molecule has 0 aliphatic heterocycles. The molecule has 2 N–H and O–H groups in total. The summed E-state index contributed by atoms with van der Waals surface area (Å²) in [5.41, 5.74) is 2.19. The van der Waals surface area contributed by atoms with E-state index in [1.54, 1.807) is 4.90 Å². The van der Waals surface area contributed by atoms with Gasteiger partial charge in [0.05, 0.1) is 18.0 Å². The Labute approximate surface area is 158 Å². The van der Waals surface area contributed by atoms with Crippen LogP contribution in [0.2, 0.25) is 0 Å². The van der Waals surface area contributed by atoms with Crippen molar-refractivity contribution in [2.75, 3.05) is 27.2 Å². The molecule has 26 heavy (non-hydrogen) atoms. The quantitative estimate of drug-likeness (QED) is 0.606. The van der Waals surface area contributed by atoms with Crippen molar-refractivity contribution in [3.8, 4) is 0 Å². The molecule has 0 spiro atoms. The van der Waals surface area contributed by atoms with Crippen LogP contribution >= 0.6 is 0 Å². The molecule has 0 radical (unpaired) electrons. The Morgan fingerprint density at radius 1 is 1.27 bits per heavy atom. The molecule has 1 amide bonds. The van der Waals surface area contributed by atoms with Gasteiger partial charge in [-0.25, -0.2) is 0 Å². The number of nitrogens with one attached hydrogen (secondary N) is 2. The monoisotopic (exact) mass is 358 g/mol. The van der Waals surface area contributed by atoms with Crippen LogP contribution < -0.4 is 10.6 Å². The summed E-state index contributed by atoms with van der Waals surface area (Å²) in [5.74, 6) is 0.989. The number of carbonyl (C=O) groups excluding carboxylic acids is 1. The van der Waals surface area contributed by atoms with E-state index < -0.39 is 0 Å². The lowest BCUT2D eigenvalue weighted by atomic mass is 9.85. The molecular weight excluding hydrogens is 324 g/mol. The van der Waals surface area contributed by atoms with E-state index in [0.29, 0.717) is 6.54 Å². The van der Waals surface area contributed by atoms with Crippen LogP contribution in [0.1, 0.15) is 56.7 Å². The molecule has 0 aromatic heterocycles. The molecule has 1 aliphatic carbocycles. The van der Waals surface area contributed by atoms with Gasteiger partial charge in [0.1, 0.15) is 0 Å². The Morgan fingerprint density at radius 3 is 2.50 bits per heavy atom. The average Bonchev–Trinajstić information content (AvgIpc) is 3.09. The van der Waals surface area contributed by atoms with E-state index in [9.17, 15) is 4.79 Å². The molecule has 5 heteroatoms. The van der Waals surface area contributed by atoms with E-state index in [1.807, 2.05) is 14.1 Å². The smallest absolute Gasteiger partial charge is 0.230 e. The van der Waals surface area contributed by atoms with Gasteiger partial charge in [0, 0.05) is 20.6 Å². The number of carbonyl (C=O) groups is 1. The van der Waals surface area contributed by atoms with E-state index in [0.717, 1.165) is 38.2 Å². The van der Waals surface area contributed by atoms with Gasteiger partial charge in [-0.05, 0) is 44.7 Å². The molecule has 5 nitrogen and oxygen atoms in total. The molecule has 1 aromatic rings. The Balaban J connectivity index is 2.15. The molecule has 144 valence electrons. The fraction of sp³-hybridized carbons (Fsp3) is 0.619. The minimum absolute atomic E-state index is 0.151. The Morgan fingerprint density at radius 2 is 1.92 bits per heavy atom. The van der Waals surface area contributed by atoms with Crippen molar-refractivity contribution in [3.63, 3.8) is 0 Å². The van der Waals surface area contributed by atoms with Gasteiger partial charge in [-0.2, -0.15) is 0 Å². The molecule has 1 aromatic carbocycles. The van der Waals surface area contributed by atoms with Crippen LogP contribution in [0.3, 0.4) is 0 Å². The summed E-state index contributed by atoms with van der Waals surface area (Å²) in [4.78, 5) is 19.3. The molecular formula is C21H34N4O. The maximum atomic E-state index is 12.7. The van der Waals surface area contributed by atoms with Gasteiger partial charge in [-0.3, -0.25) is 9.79 Å². The molecule has 1 saturated carbocycles. The lowest BCUT2D eigenvalue weighted by Gasteiger charge is -2.29.